The summed E-state index contributed by atoms with van der Waals surface area (Å²) in [6, 6.07) is 25.7. The first-order valence-corrected chi connectivity index (χ1v) is 10.1. The van der Waals surface area contributed by atoms with Crippen LogP contribution in [0.5, 0.6) is 0 Å². The van der Waals surface area contributed by atoms with Crippen LogP contribution >= 0.6 is 0 Å². The van der Waals surface area contributed by atoms with Gasteiger partial charge in [0.05, 0.1) is 6.04 Å². The van der Waals surface area contributed by atoms with Crippen molar-refractivity contribution >= 4 is 17.4 Å². The second kappa shape index (κ2) is 9.78. The maximum absolute atomic E-state index is 12.8. The summed E-state index contributed by atoms with van der Waals surface area (Å²) in [6.07, 6.45) is 0. The maximum Gasteiger partial charge on any atom is 0.319 e. The van der Waals surface area contributed by atoms with Gasteiger partial charge in [0.1, 0.15) is 0 Å². The largest absolute Gasteiger partial charge is 0.372 e. The van der Waals surface area contributed by atoms with Crippen molar-refractivity contribution in [1.82, 2.24) is 5.32 Å². The van der Waals surface area contributed by atoms with Crippen LogP contribution in [0, 0.1) is 6.92 Å². The van der Waals surface area contributed by atoms with Crippen LogP contribution in [-0.4, -0.2) is 19.1 Å². The van der Waals surface area contributed by atoms with Crippen molar-refractivity contribution in [2.45, 2.75) is 26.8 Å². The Morgan fingerprint density at radius 3 is 1.90 bits per heavy atom. The average molecular weight is 388 g/mol. The zero-order valence-electron chi connectivity index (χ0n) is 17.4. The van der Waals surface area contributed by atoms with E-state index in [0.29, 0.717) is 0 Å². The van der Waals surface area contributed by atoms with E-state index in [2.05, 4.69) is 41.5 Å². The lowest BCUT2D eigenvalue weighted by atomic mass is 9.99. The number of hydrogen-bond acceptors (Lipinski definition) is 2. The molecule has 0 heterocycles. The van der Waals surface area contributed by atoms with E-state index >= 15 is 0 Å². The molecule has 3 aromatic carbocycles. The number of urea groups is 1. The van der Waals surface area contributed by atoms with Crippen molar-refractivity contribution in [3.63, 3.8) is 0 Å². The maximum atomic E-state index is 12.8. The quantitative estimate of drug-likeness (QED) is 0.542. The molecular weight excluding hydrogens is 358 g/mol. The average Bonchev–Trinajstić information content (AvgIpc) is 2.76. The lowest BCUT2D eigenvalue weighted by Gasteiger charge is -2.23. The van der Waals surface area contributed by atoms with Gasteiger partial charge in [-0.1, -0.05) is 60.7 Å². The number of nitrogens with zero attached hydrogens (tertiary/aromatic N) is 1. The van der Waals surface area contributed by atoms with Gasteiger partial charge in [-0.3, -0.25) is 0 Å². The number of nitrogens with one attached hydrogen (secondary N) is 2. The molecule has 2 N–H and O–H groups in total. The number of rotatable bonds is 7. The Bertz CT molecular complexity index is 882. The van der Waals surface area contributed by atoms with Crippen molar-refractivity contribution in [1.29, 1.82) is 0 Å². The van der Waals surface area contributed by atoms with E-state index in [1.807, 2.05) is 73.7 Å². The monoisotopic (exact) mass is 387 g/mol. The fourth-order valence-electron chi connectivity index (χ4n) is 3.51. The predicted molar refractivity (Wildman–Crippen MR) is 122 cm³/mol. The zero-order chi connectivity index (χ0) is 20.6. The first-order valence-electron chi connectivity index (χ1n) is 10.1. The smallest absolute Gasteiger partial charge is 0.319 e. The fraction of sp³-hybridized carbons (Fsp3) is 0.240. The summed E-state index contributed by atoms with van der Waals surface area (Å²) in [5.74, 6) is 0. The Labute approximate surface area is 173 Å². The van der Waals surface area contributed by atoms with Gasteiger partial charge in [0, 0.05) is 24.5 Å². The van der Waals surface area contributed by atoms with Crippen molar-refractivity contribution in [3.05, 3.63) is 95.6 Å². The van der Waals surface area contributed by atoms with Crippen LogP contribution in [0.25, 0.3) is 0 Å². The molecule has 0 unspecified atom stereocenters. The standard InChI is InChI=1S/C25H29N3O/c1-4-28(5-2)22-16-17-23(19(3)18-22)26-25(29)27-24(20-12-8-6-9-13-20)21-14-10-7-11-15-21/h6-18,24H,4-5H2,1-3H3,(H2,26,27,29). The van der Waals surface area contributed by atoms with Gasteiger partial charge >= 0.3 is 6.03 Å². The highest BCUT2D eigenvalue weighted by Crippen LogP contribution is 2.24. The van der Waals surface area contributed by atoms with E-state index in [0.717, 1.165) is 35.5 Å². The van der Waals surface area contributed by atoms with Gasteiger partial charge in [0.25, 0.3) is 0 Å². The molecule has 4 nitrogen and oxygen atoms in total. The summed E-state index contributed by atoms with van der Waals surface area (Å²) < 4.78 is 0. The van der Waals surface area contributed by atoms with Gasteiger partial charge in [-0.25, -0.2) is 4.79 Å². The SMILES string of the molecule is CCN(CC)c1ccc(NC(=O)NC(c2ccccc2)c2ccccc2)c(C)c1. The highest BCUT2D eigenvalue weighted by Gasteiger charge is 2.17. The highest BCUT2D eigenvalue weighted by molar-refractivity contribution is 5.91. The van der Waals surface area contributed by atoms with Crippen LogP contribution in [-0.2, 0) is 0 Å². The van der Waals surface area contributed by atoms with Crippen molar-refractivity contribution < 1.29 is 4.79 Å². The van der Waals surface area contributed by atoms with E-state index in [-0.39, 0.29) is 12.1 Å². The zero-order valence-corrected chi connectivity index (χ0v) is 17.4. The number of carbonyl (C=O) groups excluding carboxylic acids is 1. The second-order valence-corrected chi connectivity index (χ2v) is 7.02. The topological polar surface area (TPSA) is 44.4 Å². The molecule has 0 aliphatic heterocycles. The van der Waals surface area contributed by atoms with Crippen LogP contribution in [0.15, 0.2) is 78.9 Å². The van der Waals surface area contributed by atoms with Crippen LogP contribution < -0.4 is 15.5 Å². The Kier molecular flexibility index (Phi) is 6.90. The lowest BCUT2D eigenvalue weighted by Crippen LogP contribution is -2.33. The number of anilines is 2. The number of amides is 2. The third-order valence-corrected chi connectivity index (χ3v) is 5.13. The van der Waals surface area contributed by atoms with E-state index in [1.165, 1.54) is 5.69 Å². The highest BCUT2D eigenvalue weighted by atomic mass is 16.2. The molecule has 0 saturated heterocycles. The molecule has 0 atom stereocenters. The predicted octanol–water partition coefficient (Wildman–Crippen LogP) is 5.75. The summed E-state index contributed by atoms with van der Waals surface area (Å²) >= 11 is 0. The summed E-state index contributed by atoms with van der Waals surface area (Å²) in [4.78, 5) is 15.1. The summed E-state index contributed by atoms with van der Waals surface area (Å²) in [5.41, 5.74) is 5.12. The normalized spacial score (nSPS) is 10.6. The first-order chi connectivity index (χ1) is 14.1. The van der Waals surface area contributed by atoms with E-state index in [4.69, 9.17) is 0 Å². The van der Waals surface area contributed by atoms with Gasteiger partial charge in [0.2, 0.25) is 0 Å². The molecule has 29 heavy (non-hydrogen) atoms. The number of aryl methyl sites for hydroxylation is 1. The van der Waals surface area contributed by atoms with E-state index in [9.17, 15) is 4.79 Å². The van der Waals surface area contributed by atoms with E-state index in [1.54, 1.807) is 0 Å². The molecule has 0 radical (unpaired) electrons. The van der Waals surface area contributed by atoms with Crippen LogP contribution in [0.1, 0.15) is 36.6 Å². The molecule has 0 fully saturated rings. The van der Waals surface area contributed by atoms with Crippen molar-refractivity contribution in [3.8, 4) is 0 Å². The minimum Gasteiger partial charge on any atom is -0.372 e. The van der Waals surface area contributed by atoms with E-state index < -0.39 is 0 Å². The first kappa shape index (κ1) is 20.5. The molecule has 3 rings (SSSR count). The molecule has 0 aliphatic carbocycles. The molecule has 0 saturated carbocycles. The second-order valence-electron chi connectivity index (χ2n) is 7.02. The minimum absolute atomic E-state index is 0.215. The Morgan fingerprint density at radius 2 is 1.41 bits per heavy atom. The number of carbonyl (C=O) groups is 1. The van der Waals surface area contributed by atoms with Gasteiger partial charge in [-0.15, -0.1) is 0 Å². The van der Waals surface area contributed by atoms with Gasteiger partial charge in [-0.2, -0.15) is 0 Å². The molecule has 0 aliphatic rings. The molecule has 0 bridgehead atoms. The van der Waals surface area contributed by atoms with Gasteiger partial charge in [-0.05, 0) is 55.7 Å². The molecule has 150 valence electrons. The fourth-order valence-corrected chi connectivity index (χ4v) is 3.51. The Morgan fingerprint density at radius 1 is 0.862 bits per heavy atom. The molecular formula is C25H29N3O. The molecule has 0 spiro atoms. The Balaban J connectivity index is 1.77. The Hall–Kier alpha value is -3.27. The molecule has 0 aromatic heterocycles. The van der Waals surface area contributed by atoms with Crippen LogP contribution in [0.3, 0.4) is 0 Å². The summed E-state index contributed by atoms with van der Waals surface area (Å²) in [6.45, 7) is 8.23. The van der Waals surface area contributed by atoms with Crippen molar-refractivity contribution in [2.75, 3.05) is 23.3 Å². The van der Waals surface area contributed by atoms with Crippen LogP contribution in [0.2, 0.25) is 0 Å². The number of hydrogen-bond donors (Lipinski definition) is 2. The number of benzene rings is 3. The van der Waals surface area contributed by atoms with Crippen molar-refractivity contribution in [2.24, 2.45) is 0 Å². The molecule has 3 aromatic rings. The van der Waals surface area contributed by atoms with Gasteiger partial charge in [0.15, 0.2) is 0 Å². The summed E-state index contributed by atoms with van der Waals surface area (Å²) in [5, 5.41) is 6.14. The molecule has 4 heteroatoms. The van der Waals surface area contributed by atoms with Crippen LogP contribution in [0.4, 0.5) is 16.2 Å². The third kappa shape index (κ3) is 5.17. The minimum atomic E-state index is -0.221. The third-order valence-electron chi connectivity index (χ3n) is 5.13. The lowest BCUT2D eigenvalue weighted by molar-refractivity contribution is 0.250. The van der Waals surface area contributed by atoms with Gasteiger partial charge < -0.3 is 15.5 Å². The summed E-state index contributed by atoms with van der Waals surface area (Å²) in [7, 11) is 0. The molecule has 2 amide bonds.